The Hall–Kier alpha value is -6.92. The van der Waals surface area contributed by atoms with Crippen molar-refractivity contribution in [3.05, 3.63) is 216 Å². The van der Waals surface area contributed by atoms with E-state index in [9.17, 15) is 9.59 Å². The second kappa shape index (κ2) is 18.4. The minimum absolute atomic E-state index is 0.270. The minimum atomic E-state index is -0.916. The van der Waals surface area contributed by atoms with Gasteiger partial charge in [-0.2, -0.15) is 0 Å². The van der Waals surface area contributed by atoms with Gasteiger partial charge in [-0.05, 0) is 87.5 Å². The van der Waals surface area contributed by atoms with Crippen molar-refractivity contribution in [2.24, 2.45) is 0 Å². The average molecular weight is 699 g/mol. The molecule has 0 aliphatic heterocycles. The molecule has 0 spiro atoms. The van der Waals surface area contributed by atoms with Crippen LogP contribution in [0, 0.1) is 0 Å². The highest BCUT2D eigenvalue weighted by atomic mass is 16.5. The third-order valence-electron chi connectivity index (χ3n) is 8.34. The topological polar surface area (TPSA) is 82.1 Å². The zero-order valence-corrected chi connectivity index (χ0v) is 29.0. The quantitative estimate of drug-likeness (QED) is 0.128. The van der Waals surface area contributed by atoms with Gasteiger partial charge >= 0.3 is 11.9 Å². The maximum absolute atomic E-state index is 12.3. The molecule has 0 aromatic heterocycles. The van der Waals surface area contributed by atoms with Crippen LogP contribution in [0.2, 0.25) is 0 Å². The molecule has 0 unspecified atom stereocenters. The third kappa shape index (κ3) is 10.8. The Morgan fingerprint density at radius 3 is 1.06 bits per heavy atom. The van der Waals surface area contributed by atoms with E-state index in [1.165, 1.54) is 0 Å². The van der Waals surface area contributed by atoms with Crippen LogP contribution in [0.1, 0.15) is 37.4 Å². The van der Waals surface area contributed by atoms with Gasteiger partial charge in [0, 0.05) is 0 Å². The second-order valence-corrected chi connectivity index (χ2v) is 12.1. The lowest BCUT2D eigenvalue weighted by Gasteiger charge is -2.08. The monoisotopic (exact) mass is 698 g/mol. The number of benzene rings is 7. The lowest BCUT2D eigenvalue weighted by molar-refractivity contribution is 0.0472. The molecule has 0 fully saturated rings. The summed E-state index contributed by atoms with van der Waals surface area (Å²) in [6.07, 6.45) is 0. The molecule has 0 atom stereocenters. The van der Waals surface area contributed by atoms with Crippen LogP contribution in [0.3, 0.4) is 0 Å². The summed E-state index contributed by atoms with van der Waals surface area (Å²) in [7, 11) is 0. The Bertz CT molecular complexity index is 2160. The van der Waals surface area contributed by atoms with Crippen LogP contribution in [0.4, 0.5) is 0 Å². The van der Waals surface area contributed by atoms with Crippen molar-refractivity contribution in [3.63, 3.8) is 0 Å². The number of rotatable bonds is 12. The van der Waals surface area contributed by atoms with Gasteiger partial charge in [-0.1, -0.05) is 140 Å². The number of hydrogen-bond donors (Lipinski definition) is 1. The Labute approximate surface area is 309 Å². The molecule has 0 aliphatic rings. The van der Waals surface area contributed by atoms with E-state index < -0.39 is 5.97 Å². The number of carbonyl (C=O) groups excluding carboxylic acids is 1. The van der Waals surface area contributed by atoms with E-state index >= 15 is 0 Å². The standard InChI is InChI=1S/C27H22O3.C20H16O3/c28-27(30-20-22-9-5-2-6-10-22)25-13-11-23(12-14-25)24-15-17-26(18-16-24)29-19-21-7-3-1-4-8-21;21-20(22)18-8-6-16(7-9-18)17-10-12-19(13-11-17)23-14-15-4-2-1-3-5-15/h1-18H,19-20H2;1-13H,14H2,(H,21,22). The minimum Gasteiger partial charge on any atom is -0.489 e. The van der Waals surface area contributed by atoms with Crippen molar-refractivity contribution in [1.82, 2.24) is 0 Å². The van der Waals surface area contributed by atoms with Crippen molar-refractivity contribution >= 4 is 11.9 Å². The number of aromatic carboxylic acids is 1. The fraction of sp³-hybridized carbons (Fsp3) is 0.0638. The van der Waals surface area contributed by atoms with Crippen LogP contribution in [0.25, 0.3) is 22.3 Å². The van der Waals surface area contributed by atoms with E-state index in [0.717, 1.165) is 50.4 Å². The Balaban J connectivity index is 0.000000188. The van der Waals surface area contributed by atoms with E-state index in [1.807, 2.05) is 164 Å². The van der Waals surface area contributed by atoms with Crippen LogP contribution >= 0.6 is 0 Å². The molecule has 53 heavy (non-hydrogen) atoms. The highest BCUT2D eigenvalue weighted by Gasteiger charge is 2.09. The van der Waals surface area contributed by atoms with E-state index in [0.29, 0.717) is 18.8 Å². The smallest absolute Gasteiger partial charge is 0.338 e. The molecule has 7 aromatic carbocycles. The number of carbonyl (C=O) groups is 2. The fourth-order valence-electron chi connectivity index (χ4n) is 5.38. The predicted molar refractivity (Wildman–Crippen MR) is 208 cm³/mol. The Morgan fingerprint density at radius 2 is 0.698 bits per heavy atom. The third-order valence-corrected chi connectivity index (χ3v) is 8.34. The number of esters is 1. The first-order valence-electron chi connectivity index (χ1n) is 17.2. The van der Waals surface area contributed by atoms with Gasteiger partial charge in [-0.3, -0.25) is 0 Å². The zero-order valence-electron chi connectivity index (χ0n) is 29.0. The number of ether oxygens (including phenoxy) is 3. The van der Waals surface area contributed by atoms with Crippen molar-refractivity contribution in [2.45, 2.75) is 19.8 Å². The lowest BCUT2D eigenvalue weighted by atomic mass is 10.0. The lowest BCUT2D eigenvalue weighted by Crippen LogP contribution is -2.05. The summed E-state index contributed by atoms with van der Waals surface area (Å²) in [5.41, 5.74) is 8.15. The molecule has 7 aromatic rings. The summed E-state index contributed by atoms with van der Waals surface area (Å²) in [6.45, 7) is 1.35. The molecule has 0 bridgehead atoms. The summed E-state index contributed by atoms with van der Waals surface area (Å²) >= 11 is 0. The van der Waals surface area contributed by atoms with E-state index in [1.54, 1.807) is 24.3 Å². The summed E-state index contributed by atoms with van der Waals surface area (Å²) < 4.78 is 17.0. The number of hydrogen-bond acceptors (Lipinski definition) is 5. The molecule has 0 saturated heterocycles. The van der Waals surface area contributed by atoms with Crippen LogP contribution in [0.5, 0.6) is 11.5 Å². The maximum Gasteiger partial charge on any atom is 0.338 e. The van der Waals surface area contributed by atoms with Gasteiger partial charge in [-0.25, -0.2) is 9.59 Å². The maximum atomic E-state index is 12.3. The molecule has 0 amide bonds. The van der Waals surface area contributed by atoms with Crippen molar-refractivity contribution < 1.29 is 28.9 Å². The largest absolute Gasteiger partial charge is 0.489 e. The highest BCUT2D eigenvalue weighted by Crippen LogP contribution is 2.25. The molecule has 0 radical (unpaired) electrons. The summed E-state index contributed by atoms with van der Waals surface area (Å²) in [5.74, 6) is 0.389. The van der Waals surface area contributed by atoms with Crippen molar-refractivity contribution in [1.29, 1.82) is 0 Å². The van der Waals surface area contributed by atoms with Crippen molar-refractivity contribution in [3.8, 4) is 33.8 Å². The summed E-state index contributed by atoms with van der Waals surface area (Å²) in [6, 6.07) is 59.8. The van der Waals surface area contributed by atoms with E-state index in [2.05, 4.69) is 0 Å². The SMILES string of the molecule is O=C(O)c1ccc(-c2ccc(OCc3ccccc3)cc2)cc1.O=C(OCc1ccccc1)c1ccc(-c2ccc(OCc3ccccc3)cc2)cc1. The van der Waals surface area contributed by atoms with Gasteiger partial charge in [0.05, 0.1) is 11.1 Å². The second-order valence-electron chi connectivity index (χ2n) is 12.1. The van der Waals surface area contributed by atoms with Gasteiger partial charge in [0.15, 0.2) is 0 Å². The zero-order chi connectivity index (χ0) is 36.7. The first-order valence-corrected chi connectivity index (χ1v) is 17.2. The fourth-order valence-corrected chi connectivity index (χ4v) is 5.38. The molecule has 6 heteroatoms. The first kappa shape index (κ1) is 35.9. The highest BCUT2D eigenvalue weighted by molar-refractivity contribution is 5.90. The molecule has 0 heterocycles. The average Bonchev–Trinajstić information content (AvgIpc) is 3.23. The van der Waals surface area contributed by atoms with Gasteiger partial charge in [-0.15, -0.1) is 0 Å². The first-order chi connectivity index (χ1) is 26.0. The van der Waals surface area contributed by atoms with Crippen molar-refractivity contribution in [2.75, 3.05) is 0 Å². The van der Waals surface area contributed by atoms with Crippen LogP contribution in [-0.4, -0.2) is 17.0 Å². The Kier molecular flexibility index (Phi) is 12.4. The summed E-state index contributed by atoms with van der Waals surface area (Å²) in [4.78, 5) is 23.1. The van der Waals surface area contributed by atoms with E-state index in [4.69, 9.17) is 19.3 Å². The van der Waals surface area contributed by atoms with Gasteiger partial charge in [0.1, 0.15) is 31.3 Å². The number of carboxylic acid groups (broad SMARTS) is 1. The van der Waals surface area contributed by atoms with Crippen LogP contribution < -0.4 is 9.47 Å². The Morgan fingerprint density at radius 1 is 0.377 bits per heavy atom. The molecule has 6 nitrogen and oxygen atoms in total. The van der Waals surface area contributed by atoms with Crippen LogP contribution in [-0.2, 0) is 24.6 Å². The molecule has 0 aliphatic carbocycles. The molecule has 0 saturated carbocycles. The molecule has 1 N–H and O–H groups in total. The predicted octanol–water partition coefficient (Wildman–Crippen LogP) is 10.9. The van der Waals surface area contributed by atoms with Crippen LogP contribution in [0.15, 0.2) is 188 Å². The molecule has 7 rings (SSSR count). The van der Waals surface area contributed by atoms with Gasteiger partial charge in [0.25, 0.3) is 0 Å². The molecular weight excluding hydrogens is 661 g/mol. The summed E-state index contributed by atoms with van der Waals surface area (Å²) in [5, 5.41) is 8.92. The molecule has 262 valence electrons. The molecular formula is C47H38O6. The number of carboxylic acids is 1. The van der Waals surface area contributed by atoms with Gasteiger partial charge in [0.2, 0.25) is 0 Å². The van der Waals surface area contributed by atoms with Gasteiger partial charge < -0.3 is 19.3 Å². The van der Waals surface area contributed by atoms with E-state index in [-0.39, 0.29) is 18.1 Å². The normalized spacial score (nSPS) is 10.3.